The van der Waals surface area contributed by atoms with E-state index in [0.29, 0.717) is 0 Å². The van der Waals surface area contributed by atoms with Crippen LogP contribution in [0, 0.1) is 32.1 Å². The van der Waals surface area contributed by atoms with Crippen molar-refractivity contribution < 1.29 is 19.4 Å². The molecule has 7 nitrogen and oxygen atoms in total. The highest BCUT2D eigenvalue weighted by atomic mass is 16.5. The van der Waals surface area contributed by atoms with E-state index >= 15 is 0 Å². The van der Waals surface area contributed by atoms with Gasteiger partial charge in [-0.25, -0.2) is 4.79 Å². The molecular weight excluding hydrogens is 310 g/mol. The lowest BCUT2D eigenvalue weighted by atomic mass is 10.0. The number of anilines is 1. The Morgan fingerprint density at radius 1 is 1.38 bits per heavy atom. The molecule has 7 heteroatoms. The lowest BCUT2D eigenvalue weighted by Crippen LogP contribution is -2.28. The molecule has 0 saturated heterocycles. The molecule has 0 aliphatic carbocycles. The number of aliphatic carboxylic acids is 1. The molecule has 24 heavy (non-hydrogen) atoms. The fraction of sp³-hybridized carbons (Fsp3) is 0.471. The lowest BCUT2D eigenvalue weighted by molar-refractivity contribution is -0.144. The maximum absolute atomic E-state index is 11.7. The predicted octanol–water partition coefficient (Wildman–Crippen LogP) is 1.90. The molecule has 1 rings (SSSR count). The summed E-state index contributed by atoms with van der Waals surface area (Å²) in [7, 11) is 0. The molecule has 1 atom stereocenters. The number of esters is 1. The molecule has 0 spiro atoms. The van der Waals surface area contributed by atoms with E-state index in [1.807, 2.05) is 32.9 Å². The number of ether oxygens (including phenoxy) is 1. The van der Waals surface area contributed by atoms with Crippen LogP contribution < -0.4 is 11.1 Å². The summed E-state index contributed by atoms with van der Waals surface area (Å²) in [4.78, 5) is 21.0. The third-order valence-corrected chi connectivity index (χ3v) is 3.17. The Labute approximate surface area is 142 Å². The maximum atomic E-state index is 11.7. The molecular formula is C17H25N3O4. The van der Waals surface area contributed by atoms with Gasteiger partial charge in [0, 0.05) is 5.69 Å². The Hall–Kier alpha value is -2.59. The van der Waals surface area contributed by atoms with Gasteiger partial charge in [-0.15, -0.1) is 0 Å². The van der Waals surface area contributed by atoms with Gasteiger partial charge in [-0.1, -0.05) is 6.07 Å². The molecule has 132 valence electrons. The number of benzene rings is 1. The summed E-state index contributed by atoms with van der Waals surface area (Å²) in [5.41, 5.74) is 8.98. The van der Waals surface area contributed by atoms with Crippen molar-refractivity contribution >= 4 is 17.6 Å². The van der Waals surface area contributed by atoms with Crippen LogP contribution in [-0.4, -0.2) is 36.2 Å². The van der Waals surface area contributed by atoms with Crippen LogP contribution in [0.25, 0.3) is 0 Å². The second kappa shape index (κ2) is 11.0. The van der Waals surface area contributed by atoms with Gasteiger partial charge in [0.2, 0.25) is 0 Å². The van der Waals surface area contributed by atoms with Gasteiger partial charge in [0.25, 0.3) is 0 Å². The van der Waals surface area contributed by atoms with Gasteiger partial charge >= 0.3 is 11.9 Å². The van der Waals surface area contributed by atoms with Crippen LogP contribution >= 0.6 is 0 Å². The minimum Gasteiger partial charge on any atom is -0.480 e. The number of carboxylic acid groups (broad SMARTS) is 1. The average Bonchev–Trinajstić information content (AvgIpc) is 2.52. The monoisotopic (exact) mass is 335 g/mol. The molecule has 1 aromatic rings. The Morgan fingerprint density at radius 2 is 1.96 bits per heavy atom. The number of rotatable bonds is 6. The fourth-order valence-electron chi connectivity index (χ4n) is 1.80. The molecule has 0 heterocycles. The normalized spacial score (nSPS) is 10.7. The maximum Gasteiger partial charge on any atom is 0.328 e. The number of carboxylic acids is 1. The van der Waals surface area contributed by atoms with Crippen molar-refractivity contribution in [3.63, 3.8) is 0 Å². The van der Waals surface area contributed by atoms with Crippen molar-refractivity contribution in [2.24, 2.45) is 5.73 Å². The lowest BCUT2D eigenvalue weighted by Gasteiger charge is -2.17. The number of nitrogens with zero attached hydrogens (tertiary/aromatic N) is 1. The van der Waals surface area contributed by atoms with Crippen molar-refractivity contribution in [2.75, 3.05) is 18.5 Å². The SMILES string of the molecule is Cc1cc(C)c(C)c(N[C@@H](C)C(=O)OCCC#N)c1.NCC(=O)O. The summed E-state index contributed by atoms with van der Waals surface area (Å²) in [5, 5.41) is 19.2. The molecule has 0 saturated carbocycles. The Kier molecular flexibility index (Phi) is 9.83. The summed E-state index contributed by atoms with van der Waals surface area (Å²) in [6.07, 6.45) is 0.223. The number of nitriles is 1. The highest BCUT2D eigenvalue weighted by Gasteiger charge is 2.15. The first-order valence-electron chi connectivity index (χ1n) is 7.52. The van der Waals surface area contributed by atoms with Crippen LogP contribution in [0.4, 0.5) is 5.69 Å². The van der Waals surface area contributed by atoms with Crippen molar-refractivity contribution in [3.8, 4) is 6.07 Å². The summed E-state index contributed by atoms with van der Waals surface area (Å²) in [5.74, 6) is -1.31. The summed E-state index contributed by atoms with van der Waals surface area (Å²) >= 11 is 0. The molecule has 0 radical (unpaired) electrons. The molecule has 1 aromatic carbocycles. The zero-order valence-electron chi connectivity index (χ0n) is 14.5. The van der Waals surface area contributed by atoms with Gasteiger partial charge in [0.05, 0.1) is 19.0 Å². The van der Waals surface area contributed by atoms with Crippen LogP contribution in [0.15, 0.2) is 12.1 Å². The number of aryl methyl sites for hydroxylation is 2. The van der Waals surface area contributed by atoms with Crippen molar-refractivity contribution in [1.29, 1.82) is 5.26 Å². The molecule has 0 fully saturated rings. The minimum absolute atomic E-state index is 0.146. The van der Waals surface area contributed by atoms with E-state index < -0.39 is 12.0 Å². The standard InChI is InChI=1S/C15H20N2O2.C2H5NO2/c1-10-8-11(2)12(3)14(9-10)17-13(4)15(18)19-7-5-6-16;3-1-2(4)5/h8-9,13,17H,5,7H2,1-4H3;1,3H2,(H,4,5)/t13-;/m0./s1. The number of carbonyl (C=O) groups excluding carboxylic acids is 1. The number of nitrogens with two attached hydrogens (primary N) is 1. The number of nitrogens with one attached hydrogen (secondary N) is 1. The summed E-state index contributed by atoms with van der Waals surface area (Å²) in [6.45, 7) is 7.71. The van der Waals surface area contributed by atoms with E-state index in [1.165, 1.54) is 5.56 Å². The van der Waals surface area contributed by atoms with Gasteiger partial charge in [0.1, 0.15) is 12.6 Å². The van der Waals surface area contributed by atoms with Gasteiger partial charge in [0.15, 0.2) is 0 Å². The summed E-state index contributed by atoms with van der Waals surface area (Å²) in [6, 6.07) is 5.63. The fourth-order valence-corrected chi connectivity index (χ4v) is 1.80. The smallest absolute Gasteiger partial charge is 0.328 e. The first-order valence-corrected chi connectivity index (χ1v) is 7.52. The van der Waals surface area contributed by atoms with Crippen LogP contribution in [0.1, 0.15) is 30.0 Å². The van der Waals surface area contributed by atoms with Gasteiger partial charge in [-0.05, 0) is 50.5 Å². The largest absolute Gasteiger partial charge is 0.480 e. The Morgan fingerprint density at radius 3 is 2.46 bits per heavy atom. The molecule has 0 aromatic heterocycles. The van der Waals surface area contributed by atoms with E-state index in [2.05, 4.69) is 17.1 Å². The van der Waals surface area contributed by atoms with Gasteiger partial charge < -0.3 is 20.9 Å². The first-order chi connectivity index (χ1) is 11.2. The minimum atomic E-state index is -0.968. The van der Waals surface area contributed by atoms with Crippen molar-refractivity contribution in [1.82, 2.24) is 0 Å². The average molecular weight is 335 g/mol. The third kappa shape index (κ3) is 8.15. The second-order valence-electron chi connectivity index (χ2n) is 5.29. The molecule has 0 aliphatic heterocycles. The van der Waals surface area contributed by atoms with Crippen LogP contribution in [-0.2, 0) is 14.3 Å². The number of hydrogen-bond donors (Lipinski definition) is 3. The molecule has 0 aliphatic rings. The predicted molar refractivity (Wildman–Crippen MR) is 91.6 cm³/mol. The zero-order chi connectivity index (χ0) is 18.7. The van der Waals surface area contributed by atoms with Crippen molar-refractivity contribution in [3.05, 3.63) is 28.8 Å². The van der Waals surface area contributed by atoms with Crippen LogP contribution in [0.5, 0.6) is 0 Å². The molecule has 0 amide bonds. The quantitative estimate of drug-likeness (QED) is 0.535. The Balaban J connectivity index is 0.000000922. The van der Waals surface area contributed by atoms with Crippen LogP contribution in [0.2, 0.25) is 0 Å². The van der Waals surface area contributed by atoms with E-state index in [1.54, 1.807) is 6.92 Å². The highest BCUT2D eigenvalue weighted by molar-refractivity contribution is 5.79. The number of carbonyl (C=O) groups is 2. The second-order valence-corrected chi connectivity index (χ2v) is 5.29. The third-order valence-electron chi connectivity index (χ3n) is 3.17. The van der Waals surface area contributed by atoms with E-state index in [4.69, 9.17) is 15.1 Å². The highest BCUT2D eigenvalue weighted by Crippen LogP contribution is 2.21. The number of hydrogen-bond acceptors (Lipinski definition) is 6. The first kappa shape index (κ1) is 21.4. The van der Waals surface area contributed by atoms with E-state index in [-0.39, 0.29) is 25.5 Å². The van der Waals surface area contributed by atoms with Crippen molar-refractivity contribution in [2.45, 2.75) is 40.2 Å². The topological polar surface area (TPSA) is 125 Å². The van der Waals surface area contributed by atoms with Gasteiger partial charge in [-0.3, -0.25) is 4.79 Å². The van der Waals surface area contributed by atoms with E-state index in [0.717, 1.165) is 16.8 Å². The summed E-state index contributed by atoms with van der Waals surface area (Å²) < 4.78 is 4.99. The molecule has 0 unspecified atom stereocenters. The zero-order valence-corrected chi connectivity index (χ0v) is 14.5. The van der Waals surface area contributed by atoms with E-state index in [9.17, 15) is 9.59 Å². The molecule has 0 bridgehead atoms. The van der Waals surface area contributed by atoms with Gasteiger partial charge in [-0.2, -0.15) is 5.26 Å². The Bertz CT molecular complexity index is 609. The molecule has 4 N–H and O–H groups in total. The van der Waals surface area contributed by atoms with Crippen LogP contribution in [0.3, 0.4) is 0 Å².